The van der Waals surface area contributed by atoms with Gasteiger partial charge in [-0.15, -0.1) is 13.2 Å². The summed E-state index contributed by atoms with van der Waals surface area (Å²) in [6, 6.07) is 8.33. The zero-order valence-electron chi connectivity index (χ0n) is 17.8. The van der Waals surface area contributed by atoms with Gasteiger partial charge >= 0.3 is 6.36 Å². The number of ether oxygens (including phenoxy) is 1. The van der Waals surface area contributed by atoms with Gasteiger partial charge in [-0.05, 0) is 110 Å². The first-order valence-corrected chi connectivity index (χ1v) is 11.1. The highest BCUT2D eigenvalue weighted by Gasteiger charge is 2.33. The molecule has 0 bridgehead atoms. The zero-order chi connectivity index (χ0) is 22.0. The Morgan fingerprint density at radius 1 is 1.00 bits per heavy atom. The van der Waals surface area contributed by atoms with Crippen LogP contribution in [-0.4, -0.2) is 6.36 Å². The Kier molecular flexibility index (Phi) is 6.40. The van der Waals surface area contributed by atoms with Crippen LogP contribution in [0.4, 0.5) is 17.6 Å². The average Bonchev–Trinajstić information content (AvgIpc) is 2.74. The summed E-state index contributed by atoms with van der Waals surface area (Å²) in [5.74, 6) is -0.879. The highest BCUT2D eigenvalue weighted by Crippen LogP contribution is 2.39. The Hall–Kier alpha value is -2.30. The maximum absolute atomic E-state index is 14.2. The molecule has 0 radical (unpaired) electrons. The van der Waals surface area contributed by atoms with Crippen LogP contribution in [0.25, 0.3) is 0 Å². The summed E-state index contributed by atoms with van der Waals surface area (Å²) in [7, 11) is 0. The van der Waals surface area contributed by atoms with Crippen molar-refractivity contribution < 1.29 is 22.3 Å². The maximum Gasteiger partial charge on any atom is 0.573 e. The fourth-order valence-electron chi connectivity index (χ4n) is 5.25. The molecule has 0 saturated carbocycles. The number of benzene rings is 2. The minimum absolute atomic E-state index is 0.108. The van der Waals surface area contributed by atoms with E-state index in [-0.39, 0.29) is 5.92 Å². The molecule has 0 aromatic heterocycles. The molecule has 0 amide bonds. The number of hydrogen-bond donors (Lipinski definition) is 0. The van der Waals surface area contributed by atoms with Crippen LogP contribution >= 0.6 is 0 Å². The molecule has 0 unspecified atom stereocenters. The van der Waals surface area contributed by atoms with Crippen LogP contribution in [0, 0.1) is 11.7 Å². The van der Waals surface area contributed by atoms with Gasteiger partial charge in [0, 0.05) is 0 Å². The highest BCUT2D eigenvalue weighted by molar-refractivity contribution is 5.46. The lowest BCUT2D eigenvalue weighted by Gasteiger charge is -2.32. The minimum atomic E-state index is -4.89. The van der Waals surface area contributed by atoms with Crippen LogP contribution in [0.3, 0.4) is 0 Å². The van der Waals surface area contributed by atoms with Gasteiger partial charge in [-0.25, -0.2) is 4.39 Å². The van der Waals surface area contributed by atoms with E-state index >= 15 is 0 Å². The van der Waals surface area contributed by atoms with E-state index in [1.807, 2.05) is 0 Å². The molecule has 4 rings (SSSR count). The smallest absolute Gasteiger partial charge is 0.403 e. The van der Waals surface area contributed by atoms with Crippen molar-refractivity contribution in [3.8, 4) is 5.75 Å². The van der Waals surface area contributed by atoms with Gasteiger partial charge in [-0.3, -0.25) is 0 Å². The molecule has 0 heterocycles. The molecular formula is C26H28F4O. The molecule has 0 spiro atoms. The third kappa shape index (κ3) is 5.13. The Morgan fingerprint density at radius 2 is 1.71 bits per heavy atom. The molecule has 0 saturated heterocycles. The normalized spacial score (nSPS) is 21.1. The molecule has 0 aliphatic heterocycles. The number of rotatable bonds is 5. The molecule has 0 fully saturated rings. The summed E-state index contributed by atoms with van der Waals surface area (Å²) in [5.41, 5.74) is 6.49. The van der Waals surface area contributed by atoms with E-state index in [4.69, 9.17) is 0 Å². The van der Waals surface area contributed by atoms with E-state index < -0.39 is 17.9 Å². The van der Waals surface area contributed by atoms with Gasteiger partial charge in [0.2, 0.25) is 0 Å². The van der Waals surface area contributed by atoms with Crippen molar-refractivity contribution in [2.75, 3.05) is 0 Å². The first-order valence-electron chi connectivity index (χ1n) is 11.1. The fraction of sp³-hybridized carbons (Fsp3) is 0.462. The van der Waals surface area contributed by atoms with Gasteiger partial charge in [0.1, 0.15) is 0 Å². The molecular weight excluding hydrogens is 404 g/mol. The van der Waals surface area contributed by atoms with Crippen LogP contribution in [-0.2, 0) is 25.7 Å². The Balaban J connectivity index is 1.47. The first-order chi connectivity index (χ1) is 14.8. The minimum Gasteiger partial charge on any atom is -0.403 e. The number of alkyl halides is 3. The summed E-state index contributed by atoms with van der Waals surface area (Å²) in [6.07, 6.45) is 7.98. The second-order valence-corrected chi connectivity index (χ2v) is 8.77. The Bertz CT molecular complexity index is 961. The zero-order valence-corrected chi connectivity index (χ0v) is 17.8. The first kappa shape index (κ1) is 21.9. The fourth-order valence-corrected chi connectivity index (χ4v) is 5.25. The third-order valence-corrected chi connectivity index (χ3v) is 6.78. The third-order valence-electron chi connectivity index (χ3n) is 6.78. The SMILES string of the molecule is CC=CCC[C@H]1CCc2c(ccc3c2CC[C@H](c2ccc(OC(F)(F)F)c(F)c2)C3)C1. The molecule has 0 N–H and O–H groups in total. The predicted octanol–water partition coefficient (Wildman–Crippen LogP) is 7.46. The van der Waals surface area contributed by atoms with Crippen LogP contribution in [0.2, 0.25) is 0 Å². The predicted molar refractivity (Wildman–Crippen MR) is 114 cm³/mol. The van der Waals surface area contributed by atoms with Crippen molar-refractivity contribution in [2.24, 2.45) is 5.92 Å². The summed E-state index contributed by atoms with van der Waals surface area (Å²) < 4.78 is 55.1. The van der Waals surface area contributed by atoms with E-state index in [9.17, 15) is 17.6 Å². The molecule has 2 aromatic rings. The van der Waals surface area contributed by atoms with E-state index in [0.717, 1.165) is 56.1 Å². The van der Waals surface area contributed by atoms with Gasteiger partial charge < -0.3 is 4.74 Å². The summed E-state index contributed by atoms with van der Waals surface area (Å²) in [6.45, 7) is 2.06. The lowest BCUT2D eigenvalue weighted by atomic mass is 9.73. The van der Waals surface area contributed by atoms with Crippen LogP contribution in [0.15, 0.2) is 42.5 Å². The largest absolute Gasteiger partial charge is 0.573 e. The van der Waals surface area contributed by atoms with Gasteiger partial charge in [0.25, 0.3) is 0 Å². The van der Waals surface area contributed by atoms with E-state index in [1.54, 1.807) is 6.07 Å². The van der Waals surface area contributed by atoms with Crippen molar-refractivity contribution in [1.82, 2.24) is 0 Å². The van der Waals surface area contributed by atoms with Crippen LogP contribution < -0.4 is 4.74 Å². The highest BCUT2D eigenvalue weighted by atomic mass is 19.4. The standard InChI is InChI=1S/C26H28F4O/c1-2-3-4-5-17-6-11-22-20(14-17)7-8-21-15-18(9-12-23(21)22)19-10-13-25(24(27)16-19)31-26(28,29)30/h2-3,7-8,10,13,16-18H,4-6,9,11-12,14-15H2,1H3/t17-,18-/m0/s1. The van der Waals surface area contributed by atoms with Crippen molar-refractivity contribution in [1.29, 1.82) is 0 Å². The van der Waals surface area contributed by atoms with Crippen LogP contribution in [0.5, 0.6) is 5.75 Å². The van der Waals surface area contributed by atoms with E-state index in [1.165, 1.54) is 41.2 Å². The Morgan fingerprint density at radius 3 is 2.39 bits per heavy atom. The molecule has 1 nitrogen and oxygen atoms in total. The molecule has 2 aromatic carbocycles. The summed E-state index contributed by atoms with van der Waals surface area (Å²) in [4.78, 5) is 0. The van der Waals surface area contributed by atoms with Gasteiger partial charge in [0.05, 0.1) is 0 Å². The molecule has 2 atom stereocenters. The Labute approximate surface area is 181 Å². The topological polar surface area (TPSA) is 9.23 Å². The van der Waals surface area contributed by atoms with Crippen molar-refractivity contribution in [2.45, 2.75) is 70.6 Å². The van der Waals surface area contributed by atoms with Crippen molar-refractivity contribution in [3.63, 3.8) is 0 Å². The van der Waals surface area contributed by atoms with Gasteiger partial charge in [0.15, 0.2) is 11.6 Å². The number of fused-ring (bicyclic) bond motifs is 3. The molecule has 166 valence electrons. The quantitative estimate of drug-likeness (QED) is 0.352. The second-order valence-electron chi connectivity index (χ2n) is 8.77. The maximum atomic E-state index is 14.2. The lowest BCUT2D eigenvalue weighted by Crippen LogP contribution is -2.21. The molecule has 2 aliphatic rings. The monoisotopic (exact) mass is 432 g/mol. The van der Waals surface area contributed by atoms with Crippen molar-refractivity contribution >= 4 is 0 Å². The van der Waals surface area contributed by atoms with Crippen LogP contribution in [0.1, 0.15) is 66.3 Å². The number of halogens is 4. The average molecular weight is 433 g/mol. The number of allylic oxidation sites excluding steroid dienone is 2. The van der Waals surface area contributed by atoms with Gasteiger partial charge in [-0.1, -0.05) is 30.4 Å². The lowest BCUT2D eigenvalue weighted by molar-refractivity contribution is -0.275. The number of hydrogen-bond acceptors (Lipinski definition) is 1. The second kappa shape index (κ2) is 9.05. The summed E-state index contributed by atoms with van der Waals surface area (Å²) >= 11 is 0. The van der Waals surface area contributed by atoms with E-state index in [0.29, 0.717) is 0 Å². The van der Waals surface area contributed by atoms with Gasteiger partial charge in [-0.2, -0.15) is 0 Å². The summed E-state index contributed by atoms with van der Waals surface area (Å²) in [5, 5.41) is 0. The molecule has 2 aliphatic carbocycles. The van der Waals surface area contributed by atoms with Crippen molar-refractivity contribution in [3.05, 3.63) is 76.1 Å². The van der Waals surface area contributed by atoms with E-state index in [2.05, 4.69) is 35.9 Å². The molecule has 31 heavy (non-hydrogen) atoms. The molecule has 5 heteroatoms.